The maximum Gasteiger partial charge on any atom is 0.279 e. The molecule has 0 aliphatic carbocycles. The van der Waals surface area contributed by atoms with E-state index in [1.165, 1.54) is 10.9 Å². The Morgan fingerprint density at radius 1 is 1.50 bits per heavy atom. The van der Waals surface area contributed by atoms with Crippen molar-refractivity contribution in [2.45, 2.75) is 13.8 Å². The molecule has 2 rings (SSSR count). The zero-order valence-corrected chi connectivity index (χ0v) is 6.74. The Morgan fingerprint density at radius 2 is 2.25 bits per heavy atom. The van der Waals surface area contributed by atoms with Crippen LogP contribution in [0.1, 0.15) is 11.4 Å². The lowest BCUT2D eigenvalue weighted by molar-refractivity contribution is 0.595. The van der Waals surface area contributed by atoms with Crippen LogP contribution in [0.15, 0.2) is 15.6 Å². The van der Waals surface area contributed by atoms with Gasteiger partial charge in [-0.05, 0) is 13.8 Å². The Morgan fingerprint density at radius 3 is 3.00 bits per heavy atom. The smallest absolute Gasteiger partial charge is 0.279 e. The van der Waals surface area contributed by atoms with Crippen LogP contribution in [0, 0.1) is 13.8 Å². The second kappa shape index (κ2) is 2.17. The van der Waals surface area contributed by atoms with E-state index >= 15 is 0 Å². The van der Waals surface area contributed by atoms with Gasteiger partial charge in [0, 0.05) is 0 Å². The van der Waals surface area contributed by atoms with Crippen LogP contribution in [0.3, 0.4) is 0 Å². The molecule has 0 aliphatic heterocycles. The van der Waals surface area contributed by atoms with Gasteiger partial charge in [-0.2, -0.15) is 9.50 Å². The van der Waals surface area contributed by atoms with Crippen molar-refractivity contribution >= 4 is 5.71 Å². The predicted molar refractivity (Wildman–Crippen MR) is 41.0 cm³/mol. The molecule has 0 bridgehead atoms. The Bertz CT molecular complexity index is 483. The zero-order valence-electron chi connectivity index (χ0n) is 6.74. The molecule has 0 saturated carbocycles. The molecule has 0 aliphatic rings. The number of rotatable bonds is 0. The van der Waals surface area contributed by atoms with Crippen LogP contribution < -0.4 is 5.56 Å². The first-order chi connectivity index (χ1) is 5.70. The van der Waals surface area contributed by atoms with E-state index in [1.807, 2.05) is 0 Å². The molecule has 12 heavy (non-hydrogen) atoms. The third-order valence-electron chi connectivity index (χ3n) is 1.73. The van der Waals surface area contributed by atoms with Crippen LogP contribution >= 0.6 is 0 Å². The molecule has 0 N–H and O–H groups in total. The van der Waals surface area contributed by atoms with Gasteiger partial charge in [0.15, 0.2) is 0 Å². The third kappa shape index (κ3) is 0.761. The summed E-state index contributed by atoms with van der Waals surface area (Å²) < 4.78 is 6.52. The van der Waals surface area contributed by atoms with Gasteiger partial charge in [0.05, 0.1) is 5.56 Å². The van der Waals surface area contributed by atoms with Gasteiger partial charge in [0.25, 0.3) is 5.56 Å². The van der Waals surface area contributed by atoms with Crippen LogP contribution in [-0.4, -0.2) is 14.6 Å². The number of aromatic nitrogens is 3. The topological polar surface area (TPSA) is 60.4 Å². The summed E-state index contributed by atoms with van der Waals surface area (Å²) in [6, 6.07) is 0. The Labute approximate surface area is 67.7 Å². The molecule has 62 valence electrons. The maximum atomic E-state index is 11.1. The van der Waals surface area contributed by atoms with Crippen LogP contribution in [0.4, 0.5) is 0 Å². The first-order valence-corrected chi connectivity index (χ1v) is 3.50. The highest BCUT2D eigenvalue weighted by atomic mass is 16.4. The average Bonchev–Trinajstić information content (AvgIpc) is 2.48. The summed E-state index contributed by atoms with van der Waals surface area (Å²) >= 11 is 0. The summed E-state index contributed by atoms with van der Waals surface area (Å²) in [6.07, 6.45) is 1.29. The van der Waals surface area contributed by atoms with E-state index in [-0.39, 0.29) is 5.56 Å². The quantitative estimate of drug-likeness (QED) is 0.563. The van der Waals surface area contributed by atoms with E-state index in [0.29, 0.717) is 17.1 Å². The van der Waals surface area contributed by atoms with Gasteiger partial charge in [-0.1, -0.05) is 0 Å². The van der Waals surface area contributed by atoms with Crippen molar-refractivity contribution in [2.24, 2.45) is 0 Å². The minimum Gasteiger partial charge on any atom is -0.425 e. The van der Waals surface area contributed by atoms with Crippen LogP contribution in [0.5, 0.6) is 0 Å². The number of nitrogens with zero attached hydrogens (tertiary/aromatic N) is 3. The fraction of sp³-hybridized carbons (Fsp3) is 0.286. The largest absolute Gasteiger partial charge is 0.425 e. The lowest BCUT2D eigenvalue weighted by Gasteiger charge is -1.95. The monoisotopic (exact) mass is 165 g/mol. The Balaban J connectivity index is 3.07. The van der Waals surface area contributed by atoms with Gasteiger partial charge in [0.2, 0.25) is 12.1 Å². The second-order valence-electron chi connectivity index (χ2n) is 2.54. The van der Waals surface area contributed by atoms with Gasteiger partial charge >= 0.3 is 0 Å². The Kier molecular flexibility index (Phi) is 1.27. The van der Waals surface area contributed by atoms with E-state index < -0.39 is 0 Å². The van der Waals surface area contributed by atoms with Crippen molar-refractivity contribution in [3.63, 3.8) is 0 Å². The second-order valence-corrected chi connectivity index (χ2v) is 2.54. The SMILES string of the molecule is Cc1c(=O)nc(C)n2ncoc12. The van der Waals surface area contributed by atoms with Crippen LogP contribution in [0.25, 0.3) is 5.71 Å². The molecule has 5 heteroatoms. The minimum atomic E-state index is -0.260. The molecule has 0 fully saturated rings. The fourth-order valence-corrected chi connectivity index (χ4v) is 1.07. The molecule has 0 unspecified atom stereocenters. The molecule has 0 atom stereocenters. The molecule has 2 aromatic heterocycles. The lowest BCUT2D eigenvalue weighted by Crippen LogP contribution is -2.15. The first-order valence-electron chi connectivity index (χ1n) is 3.50. The summed E-state index contributed by atoms with van der Waals surface area (Å²) in [7, 11) is 0. The highest BCUT2D eigenvalue weighted by Crippen LogP contribution is 2.04. The molecule has 0 radical (unpaired) electrons. The Hall–Kier alpha value is -1.65. The highest BCUT2D eigenvalue weighted by Gasteiger charge is 2.07. The van der Waals surface area contributed by atoms with Crippen molar-refractivity contribution in [1.82, 2.24) is 14.6 Å². The van der Waals surface area contributed by atoms with Crippen LogP contribution in [-0.2, 0) is 0 Å². The molecular formula is C7H7N3O2. The summed E-state index contributed by atoms with van der Waals surface area (Å²) in [5.41, 5.74) is 0.690. The van der Waals surface area contributed by atoms with E-state index in [9.17, 15) is 4.79 Å². The van der Waals surface area contributed by atoms with Gasteiger partial charge in [0.1, 0.15) is 5.82 Å². The molecule has 5 nitrogen and oxygen atoms in total. The first kappa shape index (κ1) is 7.02. The predicted octanol–water partition coefficient (Wildman–Crippen LogP) is 0.299. The van der Waals surface area contributed by atoms with Gasteiger partial charge in [-0.25, -0.2) is 0 Å². The van der Waals surface area contributed by atoms with Crippen molar-refractivity contribution in [1.29, 1.82) is 0 Å². The van der Waals surface area contributed by atoms with Crippen molar-refractivity contribution < 1.29 is 4.42 Å². The van der Waals surface area contributed by atoms with E-state index in [4.69, 9.17) is 4.42 Å². The van der Waals surface area contributed by atoms with Crippen molar-refractivity contribution in [2.75, 3.05) is 0 Å². The molecular weight excluding hydrogens is 158 g/mol. The standard InChI is InChI=1S/C7H7N3O2/c1-4-6(11)9-5(2)10-7(4)12-3-8-10/h3H,1-2H3. The average molecular weight is 165 g/mol. The van der Waals surface area contributed by atoms with Crippen molar-refractivity contribution in [3.05, 3.63) is 28.1 Å². The number of aryl methyl sites for hydroxylation is 2. The molecule has 0 amide bonds. The molecule has 0 saturated heterocycles. The number of hydrogen-bond donors (Lipinski definition) is 0. The molecule has 2 aromatic rings. The molecule has 0 spiro atoms. The minimum absolute atomic E-state index is 0.260. The molecule has 2 heterocycles. The fourth-order valence-electron chi connectivity index (χ4n) is 1.07. The van der Waals surface area contributed by atoms with Crippen molar-refractivity contribution in [3.8, 4) is 0 Å². The van der Waals surface area contributed by atoms with E-state index in [0.717, 1.165) is 0 Å². The lowest BCUT2D eigenvalue weighted by atomic mass is 10.4. The van der Waals surface area contributed by atoms with E-state index in [2.05, 4.69) is 10.1 Å². The summed E-state index contributed by atoms with van der Waals surface area (Å²) in [6.45, 7) is 3.37. The maximum absolute atomic E-state index is 11.1. The number of hydrogen-bond acceptors (Lipinski definition) is 4. The van der Waals surface area contributed by atoms with Gasteiger partial charge in [-0.15, -0.1) is 5.10 Å². The van der Waals surface area contributed by atoms with E-state index in [1.54, 1.807) is 13.8 Å². The summed E-state index contributed by atoms with van der Waals surface area (Å²) in [5, 5.41) is 3.87. The zero-order chi connectivity index (χ0) is 8.72. The molecule has 0 aromatic carbocycles. The summed E-state index contributed by atoms with van der Waals surface area (Å²) in [4.78, 5) is 14.9. The van der Waals surface area contributed by atoms with Gasteiger partial charge in [-0.3, -0.25) is 4.79 Å². The third-order valence-corrected chi connectivity index (χ3v) is 1.73. The number of fused-ring (bicyclic) bond motifs is 1. The highest BCUT2D eigenvalue weighted by molar-refractivity contribution is 5.40. The van der Waals surface area contributed by atoms with Crippen LogP contribution in [0.2, 0.25) is 0 Å². The summed E-state index contributed by atoms with van der Waals surface area (Å²) in [5.74, 6) is 0.536. The normalized spacial score (nSPS) is 10.8. The van der Waals surface area contributed by atoms with Gasteiger partial charge < -0.3 is 4.42 Å².